The molecule has 0 spiro atoms. The Morgan fingerprint density at radius 1 is 1.08 bits per heavy atom. The summed E-state index contributed by atoms with van der Waals surface area (Å²) in [5.41, 5.74) is 7.79. The topological polar surface area (TPSA) is 53.5 Å². The average molecular weight is 594 g/mol. The van der Waals surface area contributed by atoms with E-state index in [1.165, 1.54) is 16.7 Å². The molecule has 1 aromatic heterocycles. The molecule has 0 bridgehead atoms. The number of H-pyrrole nitrogens is 1. The van der Waals surface area contributed by atoms with E-state index in [0.717, 1.165) is 77.0 Å². The van der Waals surface area contributed by atoms with Crippen LogP contribution in [0, 0.1) is 3.57 Å². The number of fused-ring (bicyclic) bond motifs is 2. The van der Waals surface area contributed by atoms with Crippen molar-refractivity contribution in [3.8, 4) is 5.75 Å². The van der Waals surface area contributed by atoms with E-state index < -0.39 is 0 Å². The Hall–Kier alpha value is -2.62. The molecular formula is C29H31IN4O2. The van der Waals surface area contributed by atoms with Crippen molar-refractivity contribution in [3.63, 3.8) is 0 Å². The Morgan fingerprint density at radius 3 is 2.81 bits per heavy atom. The second-order valence-corrected chi connectivity index (χ2v) is 11.2. The van der Waals surface area contributed by atoms with E-state index in [4.69, 9.17) is 4.74 Å². The Labute approximate surface area is 225 Å². The van der Waals surface area contributed by atoms with Gasteiger partial charge < -0.3 is 14.6 Å². The standard InChI is InChI=1S/C29H31IN4O2/c1-32-10-12-33(13-11-32)14-15-34-27-9-6-20(17-26(27)31-29(34)35)16-25-23-5-3-2-4-21(23)19-36-28-18-22(30)7-8-24(25)28/h3,5-9,16-18H,2,4,10-15,19H2,1H3,(H,31,35)/b25-16+. The van der Waals surface area contributed by atoms with Crippen molar-refractivity contribution in [2.45, 2.75) is 19.4 Å². The number of piperazine rings is 1. The summed E-state index contributed by atoms with van der Waals surface area (Å²) in [7, 11) is 2.16. The highest BCUT2D eigenvalue weighted by Gasteiger charge is 2.22. The maximum Gasteiger partial charge on any atom is 0.326 e. The van der Waals surface area contributed by atoms with Crippen molar-refractivity contribution < 1.29 is 4.74 Å². The Morgan fingerprint density at radius 2 is 1.94 bits per heavy atom. The third kappa shape index (κ3) is 4.71. The number of benzene rings is 2. The minimum Gasteiger partial charge on any atom is -0.489 e. The molecule has 1 fully saturated rings. The van der Waals surface area contributed by atoms with Crippen LogP contribution >= 0.6 is 22.6 Å². The van der Waals surface area contributed by atoms with Gasteiger partial charge in [-0.15, -0.1) is 0 Å². The Kier molecular flexibility index (Phi) is 6.62. The van der Waals surface area contributed by atoms with Crippen LogP contribution in [-0.2, 0) is 6.54 Å². The fraction of sp³-hybridized carbons (Fsp3) is 0.345. The van der Waals surface area contributed by atoms with Gasteiger partial charge in [0, 0.05) is 48.4 Å². The van der Waals surface area contributed by atoms with Gasteiger partial charge in [0.15, 0.2) is 0 Å². The largest absolute Gasteiger partial charge is 0.489 e. The predicted molar refractivity (Wildman–Crippen MR) is 154 cm³/mol. The number of nitrogens with one attached hydrogen (secondary N) is 1. The van der Waals surface area contributed by atoms with Gasteiger partial charge in [0.1, 0.15) is 12.4 Å². The number of aromatic amines is 1. The molecule has 0 radical (unpaired) electrons. The summed E-state index contributed by atoms with van der Waals surface area (Å²) >= 11 is 2.34. The van der Waals surface area contributed by atoms with Crippen LogP contribution in [0.15, 0.2) is 64.5 Å². The first-order valence-corrected chi connectivity index (χ1v) is 13.8. The highest BCUT2D eigenvalue weighted by Crippen LogP contribution is 2.41. The van der Waals surface area contributed by atoms with Crippen LogP contribution in [0.3, 0.4) is 0 Å². The van der Waals surface area contributed by atoms with Gasteiger partial charge in [-0.2, -0.15) is 0 Å². The maximum atomic E-state index is 12.8. The van der Waals surface area contributed by atoms with Crippen LogP contribution in [0.1, 0.15) is 24.0 Å². The van der Waals surface area contributed by atoms with Crippen molar-refractivity contribution in [2.24, 2.45) is 0 Å². The number of nitrogens with zero attached hydrogens (tertiary/aromatic N) is 3. The molecule has 3 aliphatic rings. The van der Waals surface area contributed by atoms with Crippen molar-refractivity contribution in [1.82, 2.24) is 19.4 Å². The highest BCUT2D eigenvalue weighted by atomic mass is 127. The van der Waals surface area contributed by atoms with E-state index in [2.05, 4.69) is 99.0 Å². The minimum atomic E-state index is -0.0353. The minimum absolute atomic E-state index is 0.0353. The molecule has 0 unspecified atom stereocenters. The fourth-order valence-corrected chi connectivity index (χ4v) is 5.88. The van der Waals surface area contributed by atoms with Crippen LogP contribution in [-0.4, -0.2) is 65.7 Å². The molecule has 36 heavy (non-hydrogen) atoms. The van der Waals surface area contributed by atoms with Gasteiger partial charge in [0.05, 0.1) is 11.0 Å². The summed E-state index contributed by atoms with van der Waals surface area (Å²) in [6.45, 7) is 6.51. The van der Waals surface area contributed by atoms with E-state index in [0.29, 0.717) is 13.2 Å². The van der Waals surface area contributed by atoms with Gasteiger partial charge in [-0.1, -0.05) is 18.2 Å². The first kappa shape index (κ1) is 23.8. The van der Waals surface area contributed by atoms with Crippen LogP contribution in [0.2, 0.25) is 0 Å². The smallest absolute Gasteiger partial charge is 0.326 e. The van der Waals surface area contributed by atoms with Crippen LogP contribution in [0.25, 0.3) is 22.7 Å². The first-order valence-electron chi connectivity index (χ1n) is 12.7. The maximum absolute atomic E-state index is 12.8. The summed E-state index contributed by atoms with van der Waals surface area (Å²) in [6, 6.07) is 12.7. The number of allylic oxidation sites excluding steroid dienone is 4. The van der Waals surface area contributed by atoms with Crippen molar-refractivity contribution in [2.75, 3.05) is 46.4 Å². The molecular weight excluding hydrogens is 563 g/mol. The number of ether oxygens (including phenoxy) is 1. The quantitative estimate of drug-likeness (QED) is 0.443. The molecule has 7 heteroatoms. The zero-order chi connectivity index (χ0) is 24.6. The van der Waals surface area contributed by atoms with E-state index in [-0.39, 0.29) is 5.69 Å². The third-order valence-electron chi connectivity index (χ3n) is 7.55. The molecule has 6 nitrogen and oxygen atoms in total. The average Bonchev–Trinajstić information content (AvgIpc) is 3.11. The molecule has 0 amide bonds. The lowest BCUT2D eigenvalue weighted by Crippen LogP contribution is -2.45. The van der Waals surface area contributed by atoms with Crippen molar-refractivity contribution >= 4 is 45.3 Å². The van der Waals surface area contributed by atoms with Crippen LogP contribution < -0.4 is 10.4 Å². The summed E-state index contributed by atoms with van der Waals surface area (Å²) < 4.78 is 9.29. The molecule has 2 aliphatic heterocycles. The van der Waals surface area contributed by atoms with Crippen LogP contribution in [0.5, 0.6) is 5.75 Å². The van der Waals surface area contributed by atoms with Gasteiger partial charge >= 0.3 is 5.69 Å². The Balaban J connectivity index is 1.34. The molecule has 186 valence electrons. The SMILES string of the molecule is CN1CCN(CCn2c(=O)[nH]c3cc(/C=C4\C5=C(CCC=C5)COc5cc(I)ccc54)ccc32)CC1. The normalized spacial score (nSPS) is 19.9. The number of aromatic nitrogens is 2. The molecule has 3 heterocycles. The number of halogens is 1. The van der Waals surface area contributed by atoms with Gasteiger partial charge in [-0.3, -0.25) is 9.47 Å². The molecule has 1 saturated heterocycles. The molecule has 3 aromatic rings. The molecule has 2 aromatic carbocycles. The highest BCUT2D eigenvalue weighted by molar-refractivity contribution is 14.1. The van der Waals surface area contributed by atoms with Gasteiger partial charge in [0.2, 0.25) is 0 Å². The summed E-state index contributed by atoms with van der Waals surface area (Å²) in [5, 5.41) is 0. The lowest BCUT2D eigenvalue weighted by molar-refractivity contribution is 0.150. The monoisotopic (exact) mass is 594 g/mol. The fourth-order valence-electron chi connectivity index (χ4n) is 5.42. The molecule has 0 saturated carbocycles. The number of hydrogen-bond donors (Lipinski definition) is 1. The molecule has 6 rings (SSSR count). The molecule has 1 N–H and O–H groups in total. The van der Waals surface area contributed by atoms with E-state index >= 15 is 0 Å². The summed E-state index contributed by atoms with van der Waals surface area (Å²) in [6.07, 6.45) is 8.82. The molecule has 1 aliphatic carbocycles. The summed E-state index contributed by atoms with van der Waals surface area (Å²) in [4.78, 5) is 20.7. The number of hydrogen-bond acceptors (Lipinski definition) is 4. The second kappa shape index (κ2) is 10.0. The van der Waals surface area contributed by atoms with Crippen molar-refractivity contribution in [1.29, 1.82) is 0 Å². The predicted octanol–water partition coefficient (Wildman–Crippen LogP) is 4.76. The van der Waals surface area contributed by atoms with Crippen molar-refractivity contribution in [3.05, 3.63) is 84.9 Å². The Bertz CT molecular complexity index is 1450. The first-order chi connectivity index (χ1) is 17.5. The van der Waals surface area contributed by atoms with E-state index in [1.54, 1.807) is 0 Å². The zero-order valence-electron chi connectivity index (χ0n) is 20.6. The number of imidazole rings is 1. The zero-order valence-corrected chi connectivity index (χ0v) is 22.8. The van der Waals surface area contributed by atoms with E-state index in [9.17, 15) is 4.79 Å². The number of likely N-dealkylation sites (N-methyl/N-ethyl adjacent to an activating group) is 1. The number of rotatable bonds is 4. The summed E-state index contributed by atoms with van der Waals surface area (Å²) in [5.74, 6) is 0.931. The van der Waals surface area contributed by atoms with Gasteiger partial charge in [-0.25, -0.2) is 4.79 Å². The second-order valence-electron chi connectivity index (χ2n) is 9.95. The third-order valence-corrected chi connectivity index (χ3v) is 8.22. The van der Waals surface area contributed by atoms with E-state index in [1.807, 2.05) is 4.57 Å². The lowest BCUT2D eigenvalue weighted by atomic mass is 9.88. The lowest BCUT2D eigenvalue weighted by Gasteiger charge is -2.32. The van der Waals surface area contributed by atoms with Crippen LogP contribution in [0.4, 0.5) is 0 Å². The van der Waals surface area contributed by atoms with Gasteiger partial charge in [0.25, 0.3) is 0 Å². The van der Waals surface area contributed by atoms with Gasteiger partial charge in [-0.05, 0) is 101 Å². The molecule has 0 atom stereocenters.